The van der Waals surface area contributed by atoms with E-state index in [0.29, 0.717) is 11.5 Å². The predicted octanol–water partition coefficient (Wildman–Crippen LogP) is 4.95. The van der Waals surface area contributed by atoms with Gasteiger partial charge in [0.15, 0.2) is 0 Å². The van der Waals surface area contributed by atoms with Gasteiger partial charge in [-0.05, 0) is 67.7 Å². The topological polar surface area (TPSA) is 21.3 Å². The zero-order chi connectivity index (χ0) is 15.3. The first-order valence-corrected chi connectivity index (χ1v) is 8.43. The number of hydrogen-bond acceptors (Lipinski definition) is 2. The van der Waals surface area contributed by atoms with Crippen molar-refractivity contribution in [3.8, 4) is 5.75 Å². The van der Waals surface area contributed by atoms with Crippen molar-refractivity contribution >= 4 is 0 Å². The summed E-state index contributed by atoms with van der Waals surface area (Å²) in [5.74, 6) is 1.70. The lowest BCUT2D eigenvalue weighted by molar-refractivity contribution is 0.161. The molecule has 1 unspecified atom stereocenters. The van der Waals surface area contributed by atoms with Crippen molar-refractivity contribution in [3.63, 3.8) is 0 Å². The van der Waals surface area contributed by atoms with E-state index in [-0.39, 0.29) is 0 Å². The first-order chi connectivity index (χ1) is 10.1. The van der Waals surface area contributed by atoms with Crippen LogP contribution in [-0.4, -0.2) is 13.7 Å². The van der Waals surface area contributed by atoms with Gasteiger partial charge in [0.05, 0.1) is 7.11 Å². The lowest BCUT2D eigenvalue weighted by Crippen LogP contribution is -2.33. The fourth-order valence-electron chi connectivity index (χ4n) is 3.42. The Morgan fingerprint density at radius 1 is 1.19 bits per heavy atom. The van der Waals surface area contributed by atoms with E-state index in [0.717, 1.165) is 18.2 Å². The van der Waals surface area contributed by atoms with Gasteiger partial charge >= 0.3 is 0 Å². The molecule has 2 rings (SSSR count). The van der Waals surface area contributed by atoms with Gasteiger partial charge in [0.25, 0.3) is 0 Å². The standard InChI is InChI=1S/C19H31NO/c1-5-14-20-18(15-6-8-17(21-4)9-7-15)16-10-12-19(2,3)13-11-16/h6-9,16,18,20H,5,10-14H2,1-4H3. The first-order valence-electron chi connectivity index (χ1n) is 8.43. The molecule has 1 aliphatic rings. The second-order valence-electron chi connectivity index (χ2n) is 7.21. The van der Waals surface area contributed by atoms with E-state index in [1.807, 2.05) is 0 Å². The molecule has 1 aromatic carbocycles. The van der Waals surface area contributed by atoms with Gasteiger partial charge in [0.1, 0.15) is 5.75 Å². The van der Waals surface area contributed by atoms with E-state index in [9.17, 15) is 0 Å². The Bertz CT molecular complexity index is 414. The zero-order valence-electron chi connectivity index (χ0n) is 14.1. The van der Waals surface area contributed by atoms with Crippen molar-refractivity contribution in [2.45, 2.75) is 58.9 Å². The molecule has 0 aromatic heterocycles. The van der Waals surface area contributed by atoms with Crippen LogP contribution in [0.3, 0.4) is 0 Å². The molecular weight excluding hydrogens is 258 g/mol. The van der Waals surface area contributed by atoms with E-state index in [1.54, 1.807) is 7.11 Å². The van der Waals surface area contributed by atoms with Gasteiger partial charge < -0.3 is 10.1 Å². The Balaban J connectivity index is 2.09. The molecule has 1 aliphatic carbocycles. The van der Waals surface area contributed by atoms with Crippen molar-refractivity contribution in [3.05, 3.63) is 29.8 Å². The highest BCUT2D eigenvalue weighted by Gasteiger charge is 2.31. The van der Waals surface area contributed by atoms with Crippen molar-refractivity contribution < 1.29 is 4.74 Å². The summed E-state index contributed by atoms with van der Waals surface area (Å²) in [6, 6.07) is 9.12. The van der Waals surface area contributed by atoms with Crippen molar-refractivity contribution in [2.24, 2.45) is 11.3 Å². The van der Waals surface area contributed by atoms with Crippen LogP contribution in [0.1, 0.15) is 64.5 Å². The number of methoxy groups -OCH3 is 1. The molecule has 2 heteroatoms. The Morgan fingerprint density at radius 3 is 2.33 bits per heavy atom. The van der Waals surface area contributed by atoms with E-state index in [1.165, 1.54) is 37.7 Å². The summed E-state index contributed by atoms with van der Waals surface area (Å²) in [6.45, 7) is 8.15. The van der Waals surface area contributed by atoms with Crippen molar-refractivity contribution in [2.75, 3.05) is 13.7 Å². The number of hydrogen-bond donors (Lipinski definition) is 1. The summed E-state index contributed by atoms with van der Waals surface area (Å²) in [7, 11) is 1.73. The molecule has 1 aromatic rings. The first kappa shape index (κ1) is 16.4. The summed E-state index contributed by atoms with van der Waals surface area (Å²) in [6.07, 6.45) is 6.54. The molecule has 118 valence electrons. The van der Waals surface area contributed by atoms with Crippen LogP contribution in [0.15, 0.2) is 24.3 Å². The third kappa shape index (κ3) is 4.47. The van der Waals surface area contributed by atoms with Crippen LogP contribution < -0.4 is 10.1 Å². The van der Waals surface area contributed by atoms with Crippen LogP contribution in [-0.2, 0) is 0 Å². The SMILES string of the molecule is CCCNC(c1ccc(OC)cc1)C1CCC(C)(C)CC1. The quantitative estimate of drug-likeness (QED) is 0.800. The van der Waals surface area contributed by atoms with Crippen molar-refractivity contribution in [1.29, 1.82) is 0 Å². The minimum Gasteiger partial charge on any atom is -0.497 e. The van der Waals surface area contributed by atoms with Crippen LogP contribution in [0.2, 0.25) is 0 Å². The fourth-order valence-corrected chi connectivity index (χ4v) is 3.42. The van der Waals surface area contributed by atoms with Crippen LogP contribution in [0.25, 0.3) is 0 Å². The Labute approximate surface area is 130 Å². The van der Waals surface area contributed by atoms with Gasteiger partial charge in [-0.2, -0.15) is 0 Å². The summed E-state index contributed by atoms with van der Waals surface area (Å²) in [5, 5.41) is 3.78. The zero-order valence-corrected chi connectivity index (χ0v) is 14.1. The van der Waals surface area contributed by atoms with Crippen LogP contribution in [0, 0.1) is 11.3 Å². The summed E-state index contributed by atoms with van der Waals surface area (Å²) < 4.78 is 5.28. The molecule has 0 bridgehead atoms. The van der Waals surface area contributed by atoms with Crippen LogP contribution in [0.5, 0.6) is 5.75 Å². The molecule has 0 radical (unpaired) electrons. The van der Waals surface area contributed by atoms with Crippen LogP contribution in [0.4, 0.5) is 0 Å². The van der Waals surface area contributed by atoms with Gasteiger partial charge in [0.2, 0.25) is 0 Å². The molecular formula is C19H31NO. The van der Waals surface area contributed by atoms with Gasteiger partial charge in [-0.25, -0.2) is 0 Å². The maximum atomic E-state index is 5.28. The third-order valence-corrected chi connectivity index (χ3v) is 4.94. The molecule has 21 heavy (non-hydrogen) atoms. The molecule has 2 nitrogen and oxygen atoms in total. The number of ether oxygens (including phenoxy) is 1. The minimum absolute atomic E-state index is 0.493. The normalized spacial score (nSPS) is 20.2. The van der Waals surface area contributed by atoms with E-state index >= 15 is 0 Å². The highest BCUT2D eigenvalue weighted by molar-refractivity contribution is 5.29. The van der Waals surface area contributed by atoms with E-state index in [2.05, 4.69) is 50.4 Å². The lowest BCUT2D eigenvalue weighted by Gasteiger charge is -2.38. The van der Waals surface area contributed by atoms with E-state index < -0.39 is 0 Å². The second kappa shape index (κ2) is 7.31. The molecule has 0 amide bonds. The number of nitrogens with one attached hydrogen (secondary N) is 1. The monoisotopic (exact) mass is 289 g/mol. The van der Waals surface area contributed by atoms with Crippen LogP contribution >= 0.6 is 0 Å². The Morgan fingerprint density at radius 2 is 1.81 bits per heavy atom. The molecule has 1 N–H and O–H groups in total. The van der Waals surface area contributed by atoms with Crippen molar-refractivity contribution in [1.82, 2.24) is 5.32 Å². The molecule has 0 aliphatic heterocycles. The third-order valence-electron chi connectivity index (χ3n) is 4.94. The summed E-state index contributed by atoms with van der Waals surface area (Å²) in [4.78, 5) is 0. The average Bonchev–Trinajstić information content (AvgIpc) is 2.49. The largest absolute Gasteiger partial charge is 0.497 e. The minimum atomic E-state index is 0.493. The second-order valence-corrected chi connectivity index (χ2v) is 7.21. The van der Waals surface area contributed by atoms with Gasteiger partial charge in [0, 0.05) is 6.04 Å². The maximum Gasteiger partial charge on any atom is 0.118 e. The fraction of sp³-hybridized carbons (Fsp3) is 0.684. The molecule has 0 spiro atoms. The number of rotatable bonds is 6. The smallest absolute Gasteiger partial charge is 0.118 e. The lowest BCUT2D eigenvalue weighted by atomic mass is 9.70. The van der Waals surface area contributed by atoms with E-state index in [4.69, 9.17) is 4.74 Å². The average molecular weight is 289 g/mol. The van der Waals surface area contributed by atoms with Gasteiger partial charge in [-0.15, -0.1) is 0 Å². The molecule has 1 fully saturated rings. The molecule has 0 heterocycles. The summed E-state index contributed by atoms with van der Waals surface area (Å²) in [5.41, 5.74) is 1.94. The van der Waals surface area contributed by atoms with Gasteiger partial charge in [-0.1, -0.05) is 32.9 Å². The van der Waals surface area contributed by atoms with Gasteiger partial charge in [-0.3, -0.25) is 0 Å². The Kier molecular flexibility index (Phi) is 5.69. The molecule has 1 atom stereocenters. The summed E-state index contributed by atoms with van der Waals surface area (Å²) >= 11 is 0. The molecule has 0 saturated heterocycles. The highest BCUT2D eigenvalue weighted by atomic mass is 16.5. The Hall–Kier alpha value is -1.02. The maximum absolute atomic E-state index is 5.28. The highest BCUT2D eigenvalue weighted by Crippen LogP contribution is 2.42. The molecule has 1 saturated carbocycles. The predicted molar refractivity (Wildman–Crippen MR) is 89.8 cm³/mol. The number of benzene rings is 1.